The van der Waals surface area contributed by atoms with Gasteiger partial charge in [-0.1, -0.05) is 33.2 Å². The van der Waals surface area contributed by atoms with Crippen LogP contribution in [0.1, 0.15) is 29.7 Å². The van der Waals surface area contributed by atoms with E-state index in [4.69, 9.17) is 15.0 Å². The zero-order chi connectivity index (χ0) is 13.7. The Hall–Kier alpha value is -1.24. The van der Waals surface area contributed by atoms with Gasteiger partial charge in [-0.15, -0.1) is 0 Å². The normalized spacial score (nSPS) is 12.6. The fourth-order valence-electron chi connectivity index (χ4n) is 1.64. The number of aromatic nitrogens is 2. The lowest BCUT2D eigenvalue weighted by atomic mass is 10.1. The molecular formula is C13H16BrN3O2. The molecule has 1 heterocycles. The van der Waals surface area contributed by atoms with Crippen molar-refractivity contribution in [2.45, 2.75) is 18.9 Å². The minimum absolute atomic E-state index is 0.272. The summed E-state index contributed by atoms with van der Waals surface area (Å²) < 4.78 is 11.2. The highest BCUT2D eigenvalue weighted by atomic mass is 79.9. The Morgan fingerprint density at radius 1 is 1.37 bits per heavy atom. The third kappa shape index (κ3) is 4.12. The molecule has 5 nitrogen and oxygen atoms in total. The van der Waals surface area contributed by atoms with E-state index in [2.05, 4.69) is 26.1 Å². The van der Waals surface area contributed by atoms with Crippen molar-refractivity contribution in [2.75, 3.05) is 13.7 Å². The van der Waals surface area contributed by atoms with Crippen molar-refractivity contribution in [3.8, 4) is 0 Å². The van der Waals surface area contributed by atoms with Crippen molar-refractivity contribution in [2.24, 2.45) is 5.73 Å². The molecule has 0 saturated heterocycles. The standard InChI is InChI=1S/C13H16BrN3O2/c1-18-7-6-11(15)13-16-12(17-19-13)8-9-2-4-10(14)5-3-9/h2-5,11H,6-8,15H2,1H3. The number of methoxy groups -OCH3 is 1. The predicted molar refractivity (Wildman–Crippen MR) is 74.7 cm³/mol. The Labute approximate surface area is 120 Å². The maximum absolute atomic E-state index is 5.93. The van der Waals surface area contributed by atoms with E-state index in [-0.39, 0.29) is 6.04 Å². The SMILES string of the molecule is COCCC(N)c1nc(Cc2ccc(Br)cc2)no1. The average molecular weight is 326 g/mol. The molecule has 0 radical (unpaired) electrons. The van der Waals surface area contributed by atoms with E-state index >= 15 is 0 Å². The highest BCUT2D eigenvalue weighted by Gasteiger charge is 2.14. The maximum Gasteiger partial charge on any atom is 0.243 e. The molecule has 0 saturated carbocycles. The van der Waals surface area contributed by atoms with E-state index in [1.54, 1.807) is 7.11 Å². The lowest BCUT2D eigenvalue weighted by Gasteiger charge is -2.04. The fourth-order valence-corrected chi connectivity index (χ4v) is 1.91. The average Bonchev–Trinajstić information content (AvgIpc) is 2.87. The molecule has 102 valence electrons. The van der Waals surface area contributed by atoms with Crippen molar-refractivity contribution in [3.63, 3.8) is 0 Å². The lowest BCUT2D eigenvalue weighted by Crippen LogP contribution is -2.13. The number of nitrogens with zero attached hydrogens (tertiary/aromatic N) is 2. The molecule has 0 spiro atoms. The summed E-state index contributed by atoms with van der Waals surface area (Å²) in [6.07, 6.45) is 1.30. The smallest absolute Gasteiger partial charge is 0.243 e. The Morgan fingerprint density at radius 2 is 2.11 bits per heavy atom. The van der Waals surface area contributed by atoms with E-state index in [0.717, 1.165) is 10.0 Å². The largest absolute Gasteiger partial charge is 0.385 e. The molecule has 2 N–H and O–H groups in total. The zero-order valence-corrected chi connectivity index (χ0v) is 12.3. The summed E-state index contributed by atoms with van der Waals surface area (Å²) in [5, 5.41) is 3.94. The molecule has 2 aromatic rings. The number of hydrogen-bond acceptors (Lipinski definition) is 5. The quantitative estimate of drug-likeness (QED) is 0.883. The van der Waals surface area contributed by atoms with E-state index in [1.165, 1.54) is 0 Å². The minimum Gasteiger partial charge on any atom is -0.385 e. The van der Waals surface area contributed by atoms with Crippen molar-refractivity contribution in [3.05, 3.63) is 46.0 Å². The lowest BCUT2D eigenvalue weighted by molar-refractivity contribution is 0.182. The van der Waals surface area contributed by atoms with E-state index in [0.29, 0.717) is 31.2 Å². The van der Waals surface area contributed by atoms with Gasteiger partial charge in [-0.25, -0.2) is 0 Å². The number of benzene rings is 1. The molecule has 0 aliphatic rings. The van der Waals surface area contributed by atoms with Gasteiger partial charge in [0.2, 0.25) is 5.89 Å². The van der Waals surface area contributed by atoms with Crippen LogP contribution in [0.3, 0.4) is 0 Å². The van der Waals surface area contributed by atoms with Gasteiger partial charge in [0.05, 0.1) is 6.04 Å². The van der Waals surface area contributed by atoms with Crippen molar-refractivity contribution >= 4 is 15.9 Å². The molecule has 1 unspecified atom stereocenters. The molecule has 0 aliphatic heterocycles. The van der Waals surface area contributed by atoms with Gasteiger partial charge >= 0.3 is 0 Å². The fraction of sp³-hybridized carbons (Fsp3) is 0.385. The van der Waals surface area contributed by atoms with Gasteiger partial charge in [0.1, 0.15) is 0 Å². The second kappa shape index (κ2) is 6.79. The van der Waals surface area contributed by atoms with Gasteiger partial charge in [0.25, 0.3) is 0 Å². The molecule has 0 aliphatic carbocycles. The Bertz CT molecular complexity index is 513. The van der Waals surface area contributed by atoms with Gasteiger partial charge in [0.15, 0.2) is 5.82 Å². The highest BCUT2D eigenvalue weighted by molar-refractivity contribution is 9.10. The molecule has 1 aromatic carbocycles. The second-order valence-corrected chi connectivity index (χ2v) is 5.16. The first-order chi connectivity index (χ1) is 9.19. The number of hydrogen-bond donors (Lipinski definition) is 1. The molecule has 19 heavy (non-hydrogen) atoms. The van der Waals surface area contributed by atoms with Gasteiger partial charge in [-0.3, -0.25) is 0 Å². The van der Waals surface area contributed by atoms with Crippen molar-refractivity contribution in [1.29, 1.82) is 0 Å². The van der Waals surface area contributed by atoms with Gasteiger partial charge in [-0.2, -0.15) is 4.98 Å². The summed E-state index contributed by atoms with van der Waals surface area (Å²) in [5.41, 5.74) is 7.05. The van der Waals surface area contributed by atoms with Crippen LogP contribution in [0.25, 0.3) is 0 Å². The first-order valence-electron chi connectivity index (χ1n) is 6.00. The van der Waals surface area contributed by atoms with Crippen LogP contribution in [0, 0.1) is 0 Å². The number of halogens is 1. The first-order valence-corrected chi connectivity index (χ1v) is 6.80. The van der Waals surface area contributed by atoms with Gasteiger partial charge < -0.3 is 15.0 Å². The summed E-state index contributed by atoms with van der Waals surface area (Å²) in [6, 6.07) is 7.74. The third-order valence-electron chi connectivity index (χ3n) is 2.71. The molecule has 0 bridgehead atoms. The predicted octanol–water partition coefficient (Wildman–Crippen LogP) is 2.46. The van der Waals surface area contributed by atoms with Crippen LogP contribution in [-0.4, -0.2) is 23.9 Å². The molecule has 0 fully saturated rings. The summed E-state index contributed by atoms with van der Waals surface area (Å²) >= 11 is 3.40. The zero-order valence-electron chi connectivity index (χ0n) is 10.7. The Kier molecular flexibility index (Phi) is 5.07. The topological polar surface area (TPSA) is 74.2 Å². The number of ether oxygens (including phenoxy) is 1. The molecule has 0 amide bonds. The maximum atomic E-state index is 5.93. The third-order valence-corrected chi connectivity index (χ3v) is 3.24. The number of nitrogens with two attached hydrogens (primary N) is 1. The molecule has 2 rings (SSSR count). The summed E-state index contributed by atoms with van der Waals surface area (Å²) in [6.45, 7) is 0.575. The van der Waals surface area contributed by atoms with Crippen LogP contribution >= 0.6 is 15.9 Å². The van der Waals surface area contributed by atoms with E-state index in [1.807, 2.05) is 24.3 Å². The summed E-state index contributed by atoms with van der Waals surface area (Å²) in [5.74, 6) is 1.11. The molecule has 1 atom stereocenters. The van der Waals surface area contributed by atoms with Crippen LogP contribution in [0.5, 0.6) is 0 Å². The van der Waals surface area contributed by atoms with Gasteiger partial charge in [0, 0.05) is 24.6 Å². The molecular weight excluding hydrogens is 310 g/mol. The monoisotopic (exact) mass is 325 g/mol. The molecule has 6 heteroatoms. The van der Waals surface area contributed by atoms with Crippen LogP contribution in [-0.2, 0) is 11.2 Å². The Balaban J connectivity index is 1.98. The van der Waals surface area contributed by atoms with E-state index < -0.39 is 0 Å². The van der Waals surface area contributed by atoms with Crippen LogP contribution < -0.4 is 5.73 Å². The second-order valence-electron chi connectivity index (χ2n) is 4.24. The van der Waals surface area contributed by atoms with Crippen molar-refractivity contribution < 1.29 is 9.26 Å². The number of rotatable bonds is 6. The molecule has 1 aromatic heterocycles. The highest BCUT2D eigenvalue weighted by Crippen LogP contribution is 2.15. The van der Waals surface area contributed by atoms with E-state index in [9.17, 15) is 0 Å². The summed E-state index contributed by atoms with van der Waals surface area (Å²) in [4.78, 5) is 4.31. The van der Waals surface area contributed by atoms with Crippen LogP contribution in [0.4, 0.5) is 0 Å². The minimum atomic E-state index is -0.272. The first kappa shape index (κ1) is 14.2. The van der Waals surface area contributed by atoms with Crippen molar-refractivity contribution in [1.82, 2.24) is 10.1 Å². The van der Waals surface area contributed by atoms with Crippen LogP contribution in [0.15, 0.2) is 33.3 Å². The van der Waals surface area contributed by atoms with Crippen LogP contribution in [0.2, 0.25) is 0 Å². The van der Waals surface area contributed by atoms with Gasteiger partial charge in [-0.05, 0) is 24.1 Å². The summed E-state index contributed by atoms with van der Waals surface area (Å²) in [7, 11) is 1.64. The Morgan fingerprint density at radius 3 is 2.79 bits per heavy atom.